The SMILES string of the molecule is c1cc2c(C[C@@H]3CCCN(Cc4cnc[nH]4)CC3)nccn2c1. The molecule has 120 valence electrons. The van der Waals surface area contributed by atoms with Crippen LogP contribution in [0.5, 0.6) is 0 Å². The van der Waals surface area contributed by atoms with Crippen LogP contribution in [-0.2, 0) is 13.0 Å². The van der Waals surface area contributed by atoms with E-state index in [-0.39, 0.29) is 0 Å². The maximum Gasteiger partial charge on any atom is 0.0922 e. The van der Waals surface area contributed by atoms with E-state index >= 15 is 0 Å². The Kier molecular flexibility index (Phi) is 4.11. The molecule has 4 heterocycles. The van der Waals surface area contributed by atoms with Gasteiger partial charge in [0.2, 0.25) is 0 Å². The molecule has 0 amide bonds. The smallest absolute Gasteiger partial charge is 0.0922 e. The molecule has 0 spiro atoms. The summed E-state index contributed by atoms with van der Waals surface area (Å²) < 4.78 is 2.17. The standard InChI is InChI=1S/C18H23N5/c1-3-15(5-9-22(7-1)13-16-12-19-14-21-16)11-17-18-4-2-8-23(18)10-6-20-17/h2,4,6,8,10,12,14-15H,1,3,5,7,9,11,13H2,(H,19,21)/t15-/m1/s1. The van der Waals surface area contributed by atoms with Gasteiger partial charge in [-0.2, -0.15) is 0 Å². The molecule has 0 aliphatic carbocycles. The maximum atomic E-state index is 4.64. The van der Waals surface area contributed by atoms with Gasteiger partial charge in [0.15, 0.2) is 0 Å². The zero-order valence-corrected chi connectivity index (χ0v) is 13.4. The summed E-state index contributed by atoms with van der Waals surface area (Å²) in [6.07, 6.45) is 14.6. The monoisotopic (exact) mass is 309 g/mol. The van der Waals surface area contributed by atoms with Crippen molar-refractivity contribution in [2.24, 2.45) is 5.92 Å². The van der Waals surface area contributed by atoms with E-state index in [2.05, 4.69) is 42.6 Å². The van der Waals surface area contributed by atoms with Crippen LogP contribution in [-0.4, -0.2) is 37.3 Å². The number of H-pyrrole nitrogens is 1. The first-order valence-electron chi connectivity index (χ1n) is 8.48. The average molecular weight is 309 g/mol. The van der Waals surface area contributed by atoms with Crippen molar-refractivity contribution in [1.82, 2.24) is 24.3 Å². The van der Waals surface area contributed by atoms with E-state index in [0.29, 0.717) is 0 Å². The van der Waals surface area contributed by atoms with Gasteiger partial charge in [-0.15, -0.1) is 0 Å². The van der Waals surface area contributed by atoms with Crippen LogP contribution in [0.4, 0.5) is 0 Å². The highest BCUT2D eigenvalue weighted by Gasteiger charge is 2.19. The van der Waals surface area contributed by atoms with Gasteiger partial charge in [-0.25, -0.2) is 4.98 Å². The molecule has 0 unspecified atom stereocenters. The van der Waals surface area contributed by atoms with Gasteiger partial charge in [0.05, 0.1) is 17.5 Å². The summed E-state index contributed by atoms with van der Waals surface area (Å²) >= 11 is 0. The Bertz CT molecular complexity index is 746. The summed E-state index contributed by atoms with van der Waals surface area (Å²) in [5.41, 5.74) is 3.71. The van der Waals surface area contributed by atoms with Crippen molar-refractivity contribution in [3.63, 3.8) is 0 Å². The molecular formula is C18H23N5. The zero-order valence-electron chi connectivity index (χ0n) is 13.4. The highest BCUT2D eigenvalue weighted by Crippen LogP contribution is 2.23. The van der Waals surface area contributed by atoms with E-state index < -0.39 is 0 Å². The molecule has 1 N–H and O–H groups in total. The van der Waals surface area contributed by atoms with Crippen LogP contribution in [0, 0.1) is 5.92 Å². The second kappa shape index (κ2) is 6.54. The molecule has 3 aromatic heterocycles. The second-order valence-electron chi connectivity index (χ2n) is 6.53. The first-order chi connectivity index (χ1) is 11.4. The van der Waals surface area contributed by atoms with Crippen molar-refractivity contribution in [1.29, 1.82) is 0 Å². The van der Waals surface area contributed by atoms with Crippen LogP contribution in [0.2, 0.25) is 0 Å². The Hall–Kier alpha value is -2.14. The van der Waals surface area contributed by atoms with Crippen molar-refractivity contribution >= 4 is 5.52 Å². The molecule has 1 aliphatic heterocycles. The van der Waals surface area contributed by atoms with Crippen LogP contribution in [0.25, 0.3) is 5.52 Å². The normalized spacial score (nSPS) is 19.9. The molecule has 1 saturated heterocycles. The van der Waals surface area contributed by atoms with Crippen LogP contribution >= 0.6 is 0 Å². The van der Waals surface area contributed by atoms with Gasteiger partial charge in [-0.05, 0) is 56.8 Å². The van der Waals surface area contributed by atoms with Gasteiger partial charge in [0.1, 0.15) is 0 Å². The molecule has 0 saturated carbocycles. The quantitative estimate of drug-likeness (QED) is 0.806. The van der Waals surface area contributed by atoms with Gasteiger partial charge in [0.25, 0.3) is 0 Å². The number of likely N-dealkylation sites (tertiary alicyclic amines) is 1. The molecule has 1 fully saturated rings. The van der Waals surface area contributed by atoms with Gasteiger partial charge >= 0.3 is 0 Å². The molecule has 5 heteroatoms. The molecule has 0 aromatic carbocycles. The van der Waals surface area contributed by atoms with Crippen molar-refractivity contribution in [3.8, 4) is 0 Å². The Morgan fingerprint density at radius 3 is 3.13 bits per heavy atom. The Balaban J connectivity index is 1.40. The largest absolute Gasteiger partial charge is 0.347 e. The molecule has 0 bridgehead atoms. The number of hydrogen-bond acceptors (Lipinski definition) is 3. The minimum Gasteiger partial charge on any atom is -0.347 e. The van der Waals surface area contributed by atoms with Gasteiger partial charge in [0, 0.05) is 37.0 Å². The predicted octanol–water partition coefficient (Wildman–Crippen LogP) is 2.90. The summed E-state index contributed by atoms with van der Waals surface area (Å²) in [6.45, 7) is 3.32. The van der Waals surface area contributed by atoms with Gasteiger partial charge in [-0.1, -0.05) is 0 Å². The summed E-state index contributed by atoms with van der Waals surface area (Å²) in [5, 5.41) is 0. The van der Waals surface area contributed by atoms with Crippen molar-refractivity contribution in [2.75, 3.05) is 13.1 Å². The third-order valence-electron chi connectivity index (χ3n) is 4.90. The van der Waals surface area contributed by atoms with Crippen molar-refractivity contribution in [3.05, 3.63) is 54.6 Å². The van der Waals surface area contributed by atoms with Crippen LogP contribution in [0.1, 0.15) is 30.7 Å². The first-order valence-corrected chi connectivity index (χ1v) is 8.48. The van der Waals surface area contributed by atoms with Crippen LogP contribution in [0.15, 0.2) is 43.2 Å². The Labute approximate surface area is 136 Å². The maximum absolute atomic E-state index is 4.64. The van der Waals surface area contributed by atoms with Crippen LogP contribution in [0.3, 0.4) is 0 Å². The lowest BCUT2D eigenvalue weighted by Crippen LogP contribution is -2.24. The number of nitrogens with one attached hydrogen (secondary N) is 1. The fraction of sp³-hybridized carbons (Fsp3) is 0.444. The van der Waals surface area contributed by atoms with E-state index in [1.165, 1.54) is 42.7 Å². The average Bonchev–Trinajstić information content (AvgIpc) is 3.19. The summed E-state index contributed by atoms with van der Waals surface area (Å²) in [7, 11) is 0. The van der Waals surface area contributed by atoms with Gasteiger partial charge in [-0.3, -0.25) is 9.88 Å². The molecule has 1 atom stereocenters. The molecule has 23 heavy (non-hydrogen) atoms. The minimum atomic E-state index is 0.732. The molecule has 4 rings (SSSR count). The minimum absolute atomic E-state index is 0.732. The molecule has 1 aliphatic rings. The Morgan fingerprint density at radius 2 is 2.22 bits per heavy atom. The predicted molar refractivity (Wildman–Crippen MR) is 90.1 cm³/mol. The lowest BCUT2D eigenvalue weighted by molar-refractivity contribution is 0.269. The zero-order chi connectivity index (χ0) is 15.5. The van der Waals surface area contributed by atoms with E-state index in [1.54, 1.807) is 6.33 Å². The number of aromatic nitrogens is 4. The fourth-order valence-corrected chi connectivity index (χ4v) is 3.66. The number of hydrogen-bond donors (Lipinski definition) is 1. The number of nitrogens with zero attached hydrogens (tertiary/aromatic N) is 4. The molecule has 5 nitrogen and oxygen atoms in total. The molecule has 3 aromatic rings. The topological polar surface area (TPSA) is 49.2 Å². The Morgan fingerprint density at radius 1 is 1.22 bits per heavy atom. The number of aromatic amines is 1. The molecular weight excluding hydrogens is 286 g/mol. The highest BCUT2D eigenvalue weighted by molar-refractivity contribution is 5.52. The fourth-order valence-electron chi connectivity index (χ4n) is 3.66. The van der Waals surface area contributed by atoms with Crippen LogP contribution < -0.4 is 0 Å². The first kappa shape index (κ1) is 14.5. The summed E-state index contributed by atoms with van der Waals surface area (Å²) in [5.74, 6) is 0.732. The third-order valence-corrected chi connectivity index (χ3v) is 4.90. The van der Waals surface area contributed by atoms with E-state index in [4.69, 9.17) is 0 Å². The number of imidazole rings is 1. The van der Waals surface area contributed by atoms with Gasteiger partial charge < -0.3 is 9.38 Å². The van der Waals surface area contributed by atoms with E-state index in [9.17, 15) is 0 Å². The van der Waals surface area contributed by atoms with Crippen molar-refractivity contribution in [2.45, 2.75) is 32.2 Å². The van der Waals surface area contributed by atoms with Crippen molar-refractivity contribution < 1.29 is 0 Å². The molecule has 0 radical (unpaired) electrons. The lowest BCUT2D eigenvalue weighted by atomic mass is 9.95. The summed E-state index contributed by atoms with van der Waals surface area (Å²) in [6, 6.07) is 4.27. The summed E-state index contributed by atoms with van der Waals surface area (Å²) in [4.78, 5) is 14.5. The lowest BCUT2D eigenvalue weighted by Gasteiger charge is -2.19. The second-order valence-corrected chi connectivity index (χ2v) is 6.53. The van der Waals surface area contributed by atoms with E-state index in [0.717, 1.165) is 25.4 Å². The number of fused-ring (bicyclic) bond motifs is 1. The third kappa shape index (κ3) is 3.29. The van der Waals surface area contributed by atoms with E-state index in [1.807, 2.05) is 18.6 Å². The number of rotatable bonds is 4. The highest BCUT2D eigenvalue weighted by atomic mass is 15.1.